The number of rotatable bonds is 3. The average Bonchev–Trinajstić information content (AvgIpc) is 2.41. The van der Waals surface area contributed by atoms with Crippen LogP contribution in [0.25, 0.3) is 0 Å². The van der Waals surface area contributed by atoms with Gasteiger partial charge in [0.1, 0.15) is 6.10 Å². The molecule has 0 aliphatic carbocycles. The molecule has 94 valence electrons. The quantitative estimate of drug-likeness (QED) is 0.861. The van der Waals surface area contributed by atoms with Gasteiger partial charge in [0.2, 0.25) is 0 Å². The molecule has 0 spiro atoms. The third kappa shape index (κ3) is 2.62. The lowest BCUT2D eigenvalue weighted by Crippen LogP contribution is -2.02. The van der Waals surface area contributed by atoms with E-state index in [2.05, 4.69) is 44.2 Å². The largest absolute Gasteiger partial charge is 0.384 e. The molecule has 18 heavy (non-hydrogen) atoms. The molecule has 1 nitrogen and oxygen atoms in total. The maximum atomic E-state index is 10.5. The van der Waals surface area contributed by atoms with Crippen LogP contribution in [0, 0.1) is 13.8 Å². The van der Waals surface area contributed by atoms with Crippen LogP contribution in [0.2, 0.25) is 0 Å². The second-order valence-corrected chi connectivity index (χ2v) is 4.86. The van der Waals surface area contributed by atoms with E-state index in [0.29, 0.717) is 0 Å². The predicted molar refractivity (Wildman–Crippen MR) is 75.8 cm³/mol. The Morgan fingerprint density at radius 3 is 2.28 bits per heavy atom. The number of benzene rings is 2. The van der Waals surface area contributed by atoms with Crippen molar-refractivity contribution in [2.45, 2.75) is 33.3 Å². The monoisotopic (exact) mass is 240 g/mol. The molecular formula is C17H20O. The standard InChI is InChI=1S/C17H20O/c1-4-14-7-9-15(10-8-14)17(18)16-11-12(2)5-6-13(16)3/h5-11,17-18H,4H2,1-3H3. The highest BCUT2D eigenvalue weighted by Gasteiger charge is 2.12. The minimum atomic E-state index is -0.532. The summed E-state index contributed by atoms with van der Waals surface area (Å²) >= 11 is 0. The predicted octanol–water partition coefficient (Wildman–Crippen LogP) is 3.95. The van der Waals surface area contributed by atoms with E-state index in [1.807, 2.05) is 19.1 Å². The topological polar surface area (TPSA) is 20.2 Å². The first kappa shape index (κ1) is 12.8. The van der Waals surface area contributed by atoms with Crippen molar-refractivity contribution in [2.24, 2.45) is 0 Å². The smallest absolute Gasteiger partial charge is 0.104 e. The fourth-order valence-electron chi connectivity index (χ4n) is 2.17. The van der Waals surface area contributed by atoms with Crippen LogP contribution in [0.3, 0.4) is 0 Å². The minimum Gasteiger partial charge on any atom is -0.384 e. The molecule has 0 fully saturated rings. The third-order valence-corrected chi connectivity index (χ3v) is 3.43. The highest BCUT2D eigenvalue weighted by molar-refractivity contribution is 5.38. The molecule has 2 aromatic rings. The van der Waals surface area contributed by atoms with Crippen molar-refractivity contribution in [3.63, 3.8) is 0 Å². The van der Waals surface area contributed by atoms with E-state index in [9.17, 15) is 5.11 Å². The van der Waals surface area contributed by atoms with Crippen molar-refractivity contribution in [3.05, 3.63) is 70.3 Å². The zero-order chi connectivity index (χ0) is 13.1. The summed E-state index contributed by atoms with van der Waals surface area (Å²) in [6.45, 7) is 6.23. The first-order valence-electron chi connectivity index (χ1n) is 6.46. The highest BCUT2D eigenvalue weighted by Crippen LogP contribution is 2.25. The normalized spacial score (nSPS) is 12.4. The van der Waals surface area contributed by atoms with Crippen molar-refractivity contribution in [3.8, 4) is 0 Å². The number of hydrogen-bond donors (Lipinski definition) is 1. The first-order valence-corrected chi connectivity index (χ1v) is 6.46. The van der Waals surface area contributed by atoms with Gasteiger partial charge < -0.3 is 5.11 Å². The molecule has 0 saturated carbocycles. The van der Waals surface area contributed by atoms with Gasteiger partial charge >= 0.3 is 0 Å². The molecule has 0 saturated heterocycles. The van der Waals surface area contributed by atoms with Crippen LogP contribution >= 0.6 is 0 Å². The summed E-state index contributed by atoms with van der Waals surface area (Å²) in [7, 11) is 0. The maximum Gasteiger partial charge on any atom is 0.104 e. The van der Waals surface area contributed by atoms with E-state index in [4.69, 9.17) is 0 Å². The average molecular weight is 240 g/mol. The summed E-state index contributed by atoms with van der Waals surface area (Å²) < 4.78 is 0. The second kappa shape index (κ2) is 5.36. The van der Waals surface area contributed by atoms with Gasteiger partial charge in [-0.3, -0.25) is 0 Å². The zero-order valence-electron chi connectivity index (χ0n) is 11.3. The molecule has 0 bridgehead atoms. The molecule has 0 radical (unpaired) electrons. The van der Waals surface area contributed by atoms with Crippen molar-refractivity contribution >= 4 is 0 Å². The third-order valence-electron chi connectivity index (χ3n) is 3.43. The van der Waals surface area contributed by atoms with E-state index in [0.717, 1.165) is 23.1 Å². The lowest BCUT2D eigenvalue weighted by Gasteiger charge is -2.15. The summed E-state index contributed by atoms with van der Waals surface area (Å²) in [5.41, 5.74) is 5.57. The van der Waals surface area contributed by atoms with E-state index in [-0.39, 0.29) is 0 Å². The molecule has 0 heterocycles. The fourth-order valence-corrected chi connectivity index (χ4v) is 2.17. The van der Waals surface area contributed by atoms with Crippen LogP contribution < -0.4 is 0 Å². The molecule has 1 unspecified atom stereocenters. The van der Waals surface area contributed by atoms with Gasteiger partial charge in [0, 0.05) is 0 Å². The van der Waals surface area contributed by atoms with E-state index < -0.39 is 6.10 Å². The van der Waals surface area contributed by atoms with Gasteiger partial charge in [-0.1, -0.05) is 55.0 Å². The van der Waals surface area contributed by atoms with Gasteiger partial charge in [-0.05, 0) is 42.5 Å². The SMILES string of the molecule is CCc1ccc(C(O)c2cc(C)ccc2C)cc1. The second-order valence-electron chi connectivity index (χ2n) is 4.86. The van der Waals surface area contributed by atoms with Crippen molar-refractivity contribution in [2.75, 3.05) is 0 Å². The fraction of sp³-hybridized carbons (Fsp3) is 0.294. The molecule has 1 atom stereocenters. The molecule has 0 aliphatic rings. The van der Waals surface area contributed by atoms with Crippen molar-refractivity contribution < 1.29 is 5.11 Å². The molecule has 2 rings (SSSR count). The number of aryl methyl sites for hydroxylation is 3. The van der Waals surface area contributed by atoms with Gasteiger partial charge in [-0.15, -0.1) is 0 Å². The lowest BCUT2D eigenvalue weighted by molar-refractivity contribution is 0.219. The summed E-state index contributed by atoms with van der Waals surface area (Å²) in [4.78, 5) is 0. The van der Waals surface area contributed by atoms with Crippen LogP contribution in [-0.4, -0.2) is 5.11 Å². The molecule has 1 heteroatoms. The Balaban J connectivity index is 2.34. The Morgan fingerprint density at radius 2 is 1.67 bits per heavy atom. The summed E-state index contributed by atoms with van der Waals surface area (Å²) in [6.07, 6.45) is 0.496. The first-order chi connectivity index (χ1) is 8.61. The Morgan fingerprint density at radius 1 is 1.00 bits per heavy atom. The Kier molecular flexibility index (Phi) is 3.83. The van der Waals surface area contributed by atoms with Gasteiger partial charge in [0.15, 0.2) is 0 Å². The summed E-state index contributed by atoms with van der Waals surface area (Å²) in [5.74, 6) is 0. The highest BCUT2D eigenvalue weighted by atomic mass is 16.3. The Bertz CT molecular complexity index is 526. The molecule has 2 aromatic carbocycles. The van der Waals surface area contributed by atoms with Crippen LogP contribution in [0.15, 0.2) is 42.5 Å². The van der Waals surface area contributed by atoms with Crippen LogP contribution in [0.4, 0.5) is 0 Å². The number of aliphatic hydroxyl groups excluding tert-OH is 1. The minimum absolute atomic E-state index is 0.532. The lowest BCUT2D eigenvalue weighted by atomic mass is 9.95. The molecule has 1 N–H and O–H groups in total. The van der Waals surface area contributed by atoms with Gasteiger partial charge in [-0.25, -0.2) is 0 Å². The van der Waals surface area contributed by atoms with Crippen molar-refractivity contribution in [1.29, 1.82) is 0 Å². The zero-order valence-corrected chi connectivity index (χ0v) is 11.3. The van der Waals surface area contributed by atoms with Crippen LogP contribution in [0.5, 0.6) is 0 Å². The summed E-state index contributed by atoms with van der Waals surface area (Å²) in [6, 6.07) is 14.4. The van der Waals surface area contributed by atoms with E-state index in [1.165, 1.54) is 11.1 Å². The van der Waals surface area contributed by atoms with E-state index in [1.54, 1.807) is 0 Å². The van der Waals surface area contributed by atoms with Crippen LogP contribution in [0.1, 0.15) is 40.8 Å². The van der Waals surface area contributed by atoms with Crippen LogP contribution in [-0.2, 0) is 6.42 Å². The Hall–Kier alpha value is -1.60. The number of hydrogen-bond acceptors (Lipinski definition) is 1. The van der Waals surface area contributed by atoms with Gasteiger partial charge in [-0.2, -0.15) is 0 Å². The molecule has 0 aliphatic heterocycles. The molecule has 0 amide bonds. The Labute approximate surface area is 109 Å². The molecule has 0 aromatic heterocycles. The van der Waals surface area contributed by atoms with E-state index >= 15 is 0 Å². The van der Waals surface area contributed by atoms with Gasteiger partial charge in [0.05, 0.1) is 0 Å². The molecular weight excluding hydrogens is 220 g/mol. The number of aliphatic hydroxyl groups is 1. The maximum absolute atomic E-state index is 10.5. The van der Waals surface area contributed by atoms with Gasteiger partial charge in [0.25, 0.3) is 0 Å². The summed E-state index contributed by atoms with van der Waals surface area (Å²) in [5, 5.41) is 10.5. The van der Waals surface area contributed by atoms with Crippen molar-refractivity contribution in [1.82, 2.24) is 0 Å².